The number of piperidine rings is 1. The lowest BCUT2D eigenvalue weighted by Crippen LogP contribution is -2.33. The van der Waals surface area contributed by atoms with Crippen LogP contribution in [0.4, 0.5) is 0 Å². The van der Waals surface area contributed by atoms with Gasteiger partial charge < -0.3 is 10.1 Å². The summed E-state index contributed by atoms with van der Waals surface area (Å²) in [7, 11) is -2.03. The number of methoxy groups -OCH3 is 1. The fraction of sp³-hybridized carbons (Fsp3) is 0.571. The summed E-state index contributed by atoms with van der Waals surface area (Å²) in [6.45, 7) is 2.52. The van der Waals surface area contributed by atoms with Gasteiger partial charge in [0, 0.05) is 6.54 Å². The second-order valence-electron chi connectivity index (χ2n) is 5.05. The average Bonchev–Trinajstić information content (AvgIpc) is 2.48. The van der Waals surface area contributed by atoms with E-state index in [0.717, 1.165) is 19.5 Å². The lowest BCUT2D eigenvalue weighted by atomic mass is 9.96. The van der Waals surface area contributed by atoms with Gasteiger partial charge in [-0.1, -0.05) is 12.1 Å². The average molecular weight is 298 g/mol. The predicted octanol–water partition coefficient (Wildman–Crippen LogP) is 1.36. The highest BCUT2D eigenvalue weighted by atomic mass is 32.2. The van der Waals surface area contributed by atoms with Crippen LogP contribution in [0.15, 0.2) is 29.2 Å². The molecule has 1 aliphatic heterocycles. The highest BCUT2D eigenvalue weighted by molar-refractivity contribution is 7.89. The number of hydrogen-bond acceptors (Lipinski definition) is 4. The summed E-state index contributed by atoms with van der Waals surface area (Å²) in [5, 5.41) is 3.34. The number of sulfonamides is 1. The van der Waals surface area contributed by atoms with Crippen LogP contribution in [-0.4, -0.2) is 35.2 Å². The van der Waals surface area contributed by atoms with E-state index in [0.29, 0.717) is 18.2 Å². The van der Waals surface area contributed by atoms with Crippen molar-refractivity contribution in [2.45, 2.75) is 24.2 Å². The molecule has 0 aromatic heterocycles. The molecule has 1 saturated heterocycles. The van der Waals surface area contributed by atoms with Crippen LogP contribution < -0.4 is 14.8 Å². The summed E-state index contributed by atoms with van der Waals surface area (Å²) in [6, 6.07) is 6.66. The SMILES string of the molecule is COc1ccccc1S(=O)(=O)NCCC1CCCNC1. The predicted molar refractivity (Wildman–Crippen MR) is 78.4 cm³/mol. The summed E-state index contributed by atoms with van der Waals surface area (Å²) in [5.74, 6) is 0.934. The fourth-order valence-corrected chi connectivity index (χ4v) is 3.70. The summed E-state index contributed by atoms with van der Waals surface area (Å²) in [5.41, 5.74) is 0. The standard InChI is InChI=1S/C14H22N2O3S/c1-19-13-6-2-3-7-14(13)20(17,18)16-10-8-12-5-4-9-15-11-12/h2-3,6-7,12,15-16H,4-5,8-11H2,1H3. The molecule has 1 atom stereocenters. The van der Waals surface area contributed by atoms with Gasteiger partial charge in [-0.3, -0.25) is 0 Å². The van der Waals surface area contributed by atoms with Gasteiger partial charge >= 0.3 is 0 Å². The molecule has 5 nitrogen and oxygen atoms in total. The monoisotopic (exact) mass is 298 g/mol. The molecule has 0 saturated carbocycles. The quantitative estimate of drug-likeness (QED) is 0.832. The van der Waals surface area contributed by atoms with Crippen molar-refractivity contribution in [3.8, 4) is 5.75 Å². The van der Waals surface area contributed by atoms with Crippen molar-refractivity contribution in [3.05, 3.63) is 24.3 Å². The third kappa shape index (κ3) is 3.94. The minimum atomic E-state index is -3.50. The van der Waals surface area contributed by atoms with Gasteiger partial charge in [0.1, 0.15) is 10.6 Å². The Labute approximate surface area is 120 Å². The van der Waals surface area contributed by atoms with E-state index in [1.165, 1.54) is 20.0 Å². The summed E-state index contributed by atoms with van der Waals surface area (Å²) in [4.78, 5) is 0.198. The minimum Gasteiger partial charge on any atom is -0.495 e. The number of para-hydroxylation sites is 1. The Morgan fingerprint density at radius 2 is 2.20 bits per heavy atom. The van der Waals surface area contributed by atoms with Crippen molar-refractivity contribution in [1.82, 2.24) is 10.0 Å². The van der Waals surface area contributed by atoms with Crippen LogP contribution in [0.5, 0.6) is 5.75 Å². The number of benzene rings is 1. The molecule has 0 amide bonds. The summed E-state index contributed by atoms with van der Waals surface area (Å²) in [6.07, 6.45) is 3.20. The van der Waals surface area contributed by atoms with Gasteiger partial charge in [-0.25, -0.2) is 13.1 Å². The van der Waals surface area contributed by atoms with Crippen molar-refractivity contribution in [2.75, 3.05) is 26.7 Å². The van der Waals surface area contributed by atoms with Crippen molar-refractivity contribution < 1.29 is 13.2 Å². The van der Waals surface area contributed by atoms with E-state index < -0.39 is 10.0 Å². The first-order chi connectivity index (χ1) is 9.63. The van der Waals surface area contributed by atoms with Gasteiger partial charge in [0.2, 0.25) is 10.0 Å². The molecular weight excluding hydrogens is 276 g/mol. The van der Waals surface area contributed by atoms with Crippen molar-refractivity contribution in [3.63, 3.8) is 0 Å². The Kier molecular flexibility index (Phi) is 5.39. The van der Waals surface area contributed by atoms with Crippen LogP contribution in [0.1, 0.15) is 19.3 Å². The molecule has 0 bridgehead atoms. The maximum Gasteiger partial charge on any atom is 0.244 e. The first kappa shape index (κ1) is 15.3. The minimum absolute atomic E-state index is 0.198. The molecule has 1 heterocycles. The van der Waals surface area contributed by atoms with Crippen LogP contribution in [0.2, 0.25) is 0 Å². The van der Waals surface area contributed by atoms with Gasteiger partial charge in [-0.05, 0) is 50.4 Å². The molecule has 1 aliphatic rings. The van der Waals surface area contributed by atoms with E-state index in [1.54, 1.807) is 24.3 Å². The van der Waals surface area contributed by atoms with Gasteiger partial charge in [-0.2, -0.15) is 0 Å². The Morgan fingerprint density at radius 3 is 2.90 bits per heavy atom. The van der Waals surface area contributed by atoms with E-state index in [1.807, 2.05) is 0 Å². The third-order valence-electron chi connectivity index (χ3n) is 3.60. The zero-order chi connectivity index (χ0) is 14.4. The van der Waals surface area contributed by atoms with E-state index in [2.05, 4.69) is 10.0 Å². The molecular formula is C14H22N2O3S. The van der Waals surface area contributed by atoms with Crippen molar-refractivity contribution >= 4 is 10.0 Å². The van der Waals surface area contributed by atoms with Gasteiger partial charge in [-0.15, -0.1) is 0 Å². The van der Waals surface area contributed by atoms with Crippen LogP contribution in [0, 0.1) is 5.92 Å². The summed E-state index contributed by atoms with van der Waals surface area (Å²) < 4.78 is 32.3. The molecule has 1 aromatic carbocycles. The van der Waals surface area contributed by atoms with Crippen molar-refractivity contribution in [1.29, 1.82) is 0 Å². The van der Waals surface area contributed by atoms with Gasteiger partial charge in [0.05, 0.1) is 7.11 Å². The summed E-state index contributed by atoms with van der Waals surface area (Å²) >= 11 is 0. The highest BCUT2D eigenvalue weighted by Gasteiger charge is 2.19. The molecule has 1 aromatic rings. The topological polar surface area (TPSA) is 67.4 Å². The zero-order valence-corrected chi connectivity index (χ0v) is 12.6. The number of ether oxygens (including phenoxy) is 1. The molecule has 1 fully saturated rings. The van der Waals surface area contributed by atoms with E-state index in [9.17, 15) is 8.42 Å². The molecule has 20 heavy (non-hydrogen) atoms. The Balaban J connectivity index is 1.93. The van der Waals surface area contributed by atoms with Crippen LogP contribution in [0.3, 0.4) is 0 Å². The Bertz CT molecular complexity index is 525. The second-order valence-corrected chi connectivity index (χ2v) is 6.79. The molecule has 0 spiro atoms. The molecule has 0 aliphatic carbocycles. The number of nitrogens with one attached hydrogen (secondary N) is 2. The second kappa shape index (κ2) is 7.06. The number of rotatable bonds is 6. The smallest absolute Gasteiger partial charge is 0.244 e. The van der Waals surface area contributed by atoms with Gasteiger partial charge in [0.25, 0.3) is 0 Å². The van der Waals surface area contributed by atoms with Gasteiger partial charge in [0.15, 0.2) is 0 Å². The molecule has 112 valence electrons. The third-order valence-corrected chi connectivity index (χ3v) is 5.10. The largest absolute Gasteiger partial charge is 0.495 e. The first-order valence-electron chi connectivity index (χ1n) is 6.97. The van der Waals surface area contributed by atoms with E-state index >= 15 is 0 Å². The zero-order valence-electron chi connectivity index (χ0n) is 11.8. The first-order valence-corrected chi connectivity index (χ1v) is 8.45. The van der Waals surface area contributed by atoms with E-state index in [-0.39, 0.29) is 4.90 Å². The van der Waals surface area contributed by atoms with Crippen LogP contribution >= 0.6 is 0 Å². The lowest BCUT2D eigenvalue weighted by molar-refractivity contribution is 0.358. The molecule has 0 radical (unpaired) electrons. The van der Waals surface area contributed by atoms with Crippen LogP contribution in [0.25, 0.3) is 0 Å². The Morgan fingerprint density at radius 1 is 1.40 bits per heavy atom. The Hall–Kier alpha value is -1.11. The molecule has 6 heteroatoms. The number of hydrogen-bond donors (Lipinski definition) is 2. The molecule has 2 rings (SSSR count). The maximum absolute atomic E-state index is 12.2. The molecule has 2 N–H and O–H groups in total. The maximum atomic E-state index is 12.2. The highest BCUT2D eigenvalue weighted by Crippen LogP contribution is 2.22. The lowest BCUT2D eigenvalue weighted by Gasteiger charge is -2.22. The normalized spacial score (nSPS) is 19.8. The van der Waals surface area contributed by atoms with Crippen LogP contribution in [-0.2, 0) is 10.0 Å². The fourth-order valence-electron chi connectivity index (χ4n) is 2.49. The molecule has 1 unspecified atom stereocenters. The van der Waals surface area contributed by atoms with Crippen molar-refractivity contribution in [2.24, 2.45) is 5.92 Å². The van der Waals surface area contributed by atoms with E-state index in [4.69, 9.17) is 4.74 Å².